The summed E-state index contributed by atoms with van der Waals surface area (Å²) < 4.78 is 78.6. The smallest absolute Gasteiger partial charge is 0.375 e. The quantitative estimate of drug-likeness (QED) is 0.810. The van der Waals surface area contributed by atoms with Crippen molar-refractivity contribution in [1.29, 1.82) is 0 Å². The van der Waals surface area contributed by atoms with Gasteiger partial charge in [-0.15, -0.1) is 5.10 Å². The fraction of sp³-hybridized carbons (Fsp3) is 0.375. The van der Waals surface area contributed by atoms with Crippen LogP contribution in [0.15, 0.2) is 30.6 Å². The summed E-state index contributed by atoms with van der Waals surface area (Å²) in [4.78, 5) is 5.52. The molecule has 2 heterocycles. The molecule has 1 aliphatic heterocycles. The zero-order chi connectivity index (χ0) is 19.8. The molecule has 0 bridgehead atoms. The van der Waals surface area contributed by atoms with Gasteiger partial charge in [-0.2, -0.15) is 26.3 Å². The first kappa shape index (κ1) is 19.4. The summed E-state index contributed by atoms with van der Waals surface area (Å²) in [5, 5.41) is 13.7. The van der Waals surface area contributed by atoms with Crippen LogP contribution in [0.3, 0.4) is 0 Å². The SMILES string of the molecule is OC(/C=C\n1cnc(-c2cc(C(F)(F)F)cc(C(F)(F)F)c2)n1)N1CCC1. The molecule has 0 saturated carbocycles. The van der Waals surface area contributed by atoms with Crippen molar-refractivity contribution in [3.8, 4) is 11.4 Å². The topological polar surface area (TPSA) is 54.2 Å². The van der Waals surface area contributed by atoms with Gasteiger partial charge >= 0.3 is 12.4 Å². The molecule has 27 heavy (non-hydrogen) atoms. The van der Waals surface area contributed by atoms with Crippen molar-refractivity contribution in [3.63, 3.8) is 0 Å². The maximum atomic E-state index is 12.9. The predicted molar refractivity (Wildman–Crippen MR) is 83.0 cm³/mol. The summed E-state index contributed by atoms with van der Waals surface area (Å²) in [6.45, 7) is 1.47. The Labute approximate surface area is 149 Å². The van der Waals surface area contributed by atoms with Crippen LogP contribution in [0, 0.1) is 0 Å². The summed E-state index contributed by atoms with van der Waals surface area (Å²) in [6, 6.07) is 1.17. The number of halogens is 6. The molecule has 1 N–H and O–H groups in total. The average molecular weight is 392 g/mol. The second kappa shape index (κ2) is 6.97. The Hall–Kier alpha value is -2.40. The fourth-order valence-electron chi connectivity index (χ4n) is 2.46. The number of rotatable bonds is 4. The molecule has 3 rings (SSSR count). The Morgan fingerprint density at radius 2 is 1.59 bits per heavy atom. The zero-order valence-corrected chi connectivity index (χ0v) is 13.7. The molecule has 1 aromatic carbocycles. The van der Waals surface area contributed by atoms with Crippen LogP contribution in [-0.4, -0.2) is 44.1 Å². The standard InChI is InChI=1S/C16H14F6N4O/c17-15(18,19)11-6-10(7-12(8-11)16(20,21)22)14-23-9-26(24-14)5-2-13(27)25-3-1-4-25/h2,5-9,13,27H,1,3-4H2/b5-2-. The molecule has 1 aromatic heterocycles. The zero-order valence-electron chi connectivity index (χ0n) is 13.7. The van der Waals surface area contributed by atoms with Crippen LogP contribution in [0.25, 0.3) is 17.6 Å². The predicted octanol–water partition coefficient (Wildman–Crippen LogP) is 3.48. The minimum Gasteiger partial charge on any atom is -0.375 e. The van der Waals surface area contributed by atoms with Crippen LogP contribution < -0.4 is 0 Å². The first-order chi connectivity index (χ1) is 12.5. The summed E-state index contributed by atoms with van der Waals surface area (Å²) in [7, 11) is 0. The largest absolute Gasteiger partial charge is 0.416 e. The summed E-state index contributed by atoms with van der Waals surface area (Å²) in [6.07, 6.45) is -5.92. The van der Waals surface area contributed by atoms with Gasteiger partial charge in [-0.25, -0.2) is 9.67 Å². The van der Waals surface area contributed by atoms with Crippen LogP contribution in [0.2, 0.25) is 0 Å². The number of hydrogen-bond acceptors (Lipinski definition) is 4. The number of aliphatic hydroxyl groups is 1. The Kier molecular flexibility index (Phi) is 5.00. The first-order valence-electron chi connectivity index (χ1n) is 7.85. The molecule has 0 aliphatic carbocycles. The van der Waals surface area contributed by atoms with Gasteiger partial charge in [0.1, 0.15) is 12.6 Å². The monoisotopic (exact) mass is 392 g/mol. The lowest BCUT2D eigenvalue weighted by atomic mass is 10.0. The highest BCUT2D eigenvalue weighted by Gasteiger charge is 2.37. The fourth-order valence-corrected chi connectivity index (χ4v) is 2.46. The molecule has 1 atom stereocenters. The lowest BCUT2D eigenvalue weighted by Crippen LogP contribution is -2.44. The highest BCUT2D eigenvalue weighted by Crippen LogP contribution is 2.38. The van der Waals surface area contributed by atoms with Gasteiger partial charge in [0.15, 0.2) is 5.82 Å². The number of benzene rings is 1. The van der Waals surface area contributed by atoms with E-state index < -0.39 is 35.3 Å². The van der Waals surface area contributed by atoms with Crippen molar-refractivity contribution in [2.24, 2.45) is 0 Å². The molecule has 1 aliphatic rings. The van der Waals surface area contributed by atoms with Crippen molar-refractivity contribution in [3.05, 3.63) is 41.7 Å². The molecule has 1 saturated heterocycles. The molecule has 0 amide bonds. The molecule has 5 nitrogen and oxygen atoms in total. The van der Waals surface area contributed by atoms with Gasteiger partial charge in [0.2, 0.25) is 0 Å². The van der Waals surface area contributed by atoms with Gasteiger partial charge in [0.25, 0.3) is 0 Å². The van der Waals surface area contributed by atoms with Gasteiger partial charge in [-0.05, 0) is 30.7 Å². The molecule has 0 radical (unpaired) electrons. The van der Waals surface area contributed by atoms with Crippen LogP contribution in [0.1, 0.15) is 17.5 Å². The minimum absolute atomic E-state index is 0.0455. The molecule has 11 heteroatoms. The van der Waals surface area contributed by atoms with E-state index >= 15 is 0 Å². The molecular weight excluding hydrogens is 378 g/mol. The first-order valence-corrected chi connectivity index (χ1v) is 7.85. The Morgan fingerprint density at radius 3 is 2.07 bits per heavy atom. The number of hydrogen-bond donors (Lipinski definition) is 1. The maximum absolute atomic E-state index is 12.9. The van der Waals surface area contributed by atoms with E-state index in [2.05, 4.69) is 10.1 Å². The van der Waals surface area contributed by atoms with Gasteiger partial charge < -0.3 is 5.11 Å². The van der Waals surface area contributed by atoms with Gasteiger partial charge in [0.05, 0.1) is 11.1 Å². The van der Waals surface area contributed by atoms with Gasteiger partial charge in [-0.3, -0.25) is 4.90 Å². The molecule has 1 fully saturated rings. The number of nitrogens with zero attached hydrogens (tertiary/aromatic N) is 4. The van der Waals surface area contributed by atoms with E-state index in [9.17, 15) is 31.4 Å². The van der Waals surface area contributed by atoms with Gasteiger partial charge in [0, 0.05) is 24.9 Å². The van der Waals surface area contributed by atoms with E-state index in [1.165, 1.54) is 12.3 Å². The minimum atomic E-state index is -4.94. The Bertz CT molecular complexity index is 806. The van der Waals surface area contributed by atoms with Crippen molar-refractivity contribution < 1.29 is 31.4 Å². The molecule has 146 valence electrons. The van der Waals surface area contributed by atoms with Crippen LogP contribution >= 0.6 is 0 Å². The van der Waals surface area contributed by atoms with Crippen LogP contribution in [0.5, 0.6) is 0 Å². The maximum Gasteiger partial charge on any atom is 0.416 e. The van der Waals surface area contributed by atoms with E-state index in [0.29, 0.717) is 12.1 Å². The lowest BCUT2D eigenvalue weighted by Gasteiger charge is -2.33. The Balaban J connectivity index is 1.89. The summed E-state index contributed by atoms with van der Waals surface area (Å²) in [5.41, 5.74) is -3.28. The van der Waals surface area contributed by atoms with E-state index in [0.717, 1.165) is 30.5 Å². The van der Waals surface area contributed by atoms with E-state index in [-0.39, 0.29) is 11.9 Å². The summed E-state index contributed by atoms with van der Waals surface area (Å²) >= 11 is 0. The average Bonchev–Trinajstić information content (AvgIpc) is 2.98. The van der Waals surface area contributed by atoms with Crippen molar-refractivity contribution in [1.82, 2.24) is 19.7 Å². The van der Waals surface area contributed by atoms with Crippen LogP contribution in [-0.2, 0) is 12.4 Å². The van der Waals surface area contributed by atoms with Crippen LogP contribution in [0.4, 0.5) is 26.3 Å². The lowest BCUT2D eigenvalue weighted by molar-refractivity contribution is -0.143. The van der Waals surface area contributed by atoms with Gasteiger partial charge in [-0.1, -0.05) is 0 Å². The molecule has 2 aromatic rings. The molecule has 1 unspecified atom stereocenters. The van der Waals surface area contributed by atoms with E-state index in [1.54, 1.807) is 4.90 Å². The van der Waals surface area contributed by atoms with E-state index in [1.807, 2.05) is 0 Å². The highest BCUT2D eigenvalue weighted by molar-refractivity contribution is 5.58. The van der Waals surface area contributed by atoms with Crippen molar-refractivity contribution in [2.45, 2.75) is 25.0 Å². The third kappa shape index (κ3) is 4.48. The number of alkyl halides is 6. The highest BCUT2D eigenvalue weighted by atomic mass is 19.4. The molecular formula is C16H14F6N4O. The van der Waals surface area contributed by atoms with E-state index in [4.69, 9.17) is 0 Å². The van der Waals surface area contributed by atoms with Crippen molar-refractivity contribution >= 4 is 6.20 Å². The second-order valence-electron chi connectivity index (χ2n) is 5.99. The number of aromatic nitrogens is 3. The third-order valence-electron chi connectivity index (χ3n) is 4.03. The Morgan fingerprint density at radius 1 is 1.00 bits per heavy atom. The number of aliphatic hydroxyl groups excluding tert-OH is 1. The summed E-state index contributed by atoms with van der Waals surface area (Å²) in [5.74, 6) is -0.297. The second-order valence-corrected chi connectivity index (χ2v) is 5.99. The van der Waals surface area contributed by atoms with Crippen molar-refractivity contribution in [2.75, 3.05) is 13.1 Å². The third-order valence-corrected chi connectivity index (χ3v) is 4.03. The number of likely N-dealkylation sites (tertiary alicyclic amines) is 1. The normalized spacial score (nSPS) is 17.3. The molecule has 0 spiro atoms.